The predicted octanol–water partition coefficient (Wildman–Crippen LogP) is 2.69. The van der Waals surface area contributed by atoms with Crippen molar-refractivity contribution in [3.8, 4) is 5.88 Å². The van der Waals surface area contributed by atoms with Crippen LogP contribution in [0.5, 0.6) is 5.88 Å². The number of anilines is 2. The summed E-state index contributed by atoms with van der Waals surface area (Å²) >= 11 is 0. The van der Waals surface area contributed by atoms with E-state index in [0.29, 0.717) is 11.6 Å². The largest absolute Gasteiger partial charge is 0.479 e. The minimum Gasteiger partial charge on any atom is -0.479 e. The van der Waals surface area contributed by atoms with Gasteiger partial charge in [-0.25, -0.2) is 0 Å². The molecular formula is C15H23N3O. The van der Waals surface area contributed by atoms with Crippen LogP contribution in [-0.4, -0.2) is 25.2 Å². The van der Waals surface area contributed by atoms with E-state index in [1.807, 2.05) is 12.1 Å². The standard InChI is InChI=1S/C15H23N3O/c1-19-15-13(16)6-7-14(17-15)18-9-8-11-4-2-3-5-12(11)10-18/h6-7,11-12H,2-5,8-10,16H2,1H3. The lowest BCUT2D eigenvalue weighted by molar-refractivity contribution is 0.202. The number of hydrogen-bond acceptors (Lipinski definition) is 4. The molecule has 2 atom stereocenters. The lowest BCUT2D eigenvalue weighted by atomic mass is 9.75. The molecule has 19 heavy (non-hydrogen) atoms. The van der Waals surface area contributed by atoms with Gasteiger partial charge in [0.05, 0.1) is 12.8 Å². The van der Waals surface area contributed by atoms with Crippen LogP contribution >= 0.6 is 0 Å². The molecule has 0 aromatic carbocycles. The molecule has 1 aliphatic carbocycles. The molecule has 4 nitrogen and oxygen atoms in total. The van der Waals surface area contributed by atoms with E-state index in [0.717, 1.165) is 30.7 Å². The third-order valence-electron chi connectivity index (χ3n) is 4.68. The van der Waals surface area contributed by atoms with E-state index >= 15 is 0 Å². The Morgan fingerprint density at radius 2 is 2.00 bits per heavy atom. The molecule has 3 rings (SSSR count). The summed E-state index contributed by atoms with van der Waals surface area (Å²) in [4.78, 5) is 6.93. The maximum absolute atomic E-state index is 5.83. The highest BCUT2D eigenvalue weighted by atomic mass is 16.5. The van der Waals surface area contributed by atoms with Gasteiger partial charge >= 0.3 is 0 Å². The van der Waals surface area contributed by atoms with Crippen LogP contribution in [0.15, 0.2) is 12.1 Å². The van der Waals surface area contributed by atoms with Gasteiger partial charge in [0.1, 0.15) is 5.82 Å². The Kier molecular flexibility index (Phi) is 3.49. The van der Waals surface area contributed by atoms with Gasteiger partial charge in [0.25, 0.3) is 0 Å². The van der Waals surface area contributed by atoms with Crippen molar-refractivity contribution < 1.29 is 4.74 Å². The Hall–Kier alpha value is -1.45. The zero-order chi connectivity index (χ0) is 13.2. The molecule has 0 spiro atoms. The van der Waals surface area contributed by atoms with Crippen LogP contribution in [0, 0.1) is 11.8 Å². The van der Waals surface area contributed by atoms with Crippen LogP contribution in [-0.2, 0) is 0 Å². The maximum Gasteiger partial charge on any atom is 0.238 e. The van der Waals surface area contributed by atoms with Gasteiger partial charge in [-0.3, -0.25) is 0 Å². The summed E-state index contributed by atoms with van der Waals surface area (Å²) in [5, 5.41) is 0. The summed E-state index contributed by atoms with van der Waals surface area (Å²) in [7, 11) is 1.62. The number of fused-ring (bicyclic) bond motifs is 1. The Balaban J connectivity index is 1.75. The Morgan fingerprint density at radius 1 is 1.21 bits per heavy atom. The number of ether oxygens (including phenoxy) is 1. The lowest BCUT2D eigenvalue weighted by Gasteiger charge is -2.41. The minimum absolute atomic E-state index is 0.545. The van der Waals surface area contributed by atoms with Crippen molar-refractivity contribution in [2.45, 2.75) is 32.1 Å². The van der Waals surface area contributed by atoms with Crippen molar-refractivity contribution >= 4 is 11.5 Å². The van der Waals surface area contributed by atoms with Gasteiger partial charge in [-0.1, -0.05) is 19.3 Å². The third-order valence-corrected chi connectivity index (χ3v) is 4.68. The Bertz CT molecular complexity index is 449. The van der Waals surface area contributed by atoms with Crippen molar-refractivity contribution in [3.05, 3.63) is 12.1 Å². The Labute approximate surface area is 115 Å². The maximum atomic E-state index is 5.83. The molecule has 2 heterocycles. The summed E-state index contributed by atoms with van der Waals surface area (Å²) in [6, 6.07) is 3.91. The molecule has 0 radical (unpaired) electrons. The minimum atomic E-state index is 0.545. The number of methoxy groups -OCH3 is 1. The second-order valence-electron chi connectivity index (χ2n) is 5.81. The summed E-state index contributed by atoms with van der Waals surface area (Å²) in [5.41, 5.74) is 6.44. The zero-order valence-corrected chi connectivity index (χ0v) is 11.6. The fourth-order valence-electron chi connectivity index (χ4n) is 3.59. The fraction of sp³-hybridized carbons (Fsp3) is 0.667. The van der Waals surface area contributed by atoms with Gasteiger partial charge in [-0.05, 0) is 36.8 Å². The first-order valence-corrected chi connectivity index (χ1v) is 7.33. The number of pyridine rings is 1. The molecule has 1 aromatic rings. The summed E-state index contributed by atoms with van der Waals surface area (Å²) in [6.45, 7) is 2.26. The van der Waals surface area contributed by atoms with E-state index in [4.69, 9.17) is 10.5 Å². The van der Waals surface area contributed by atoms with Crippen LogP contribution in [0.2, 0.25) is 0 Å². The highest BCUT2D eigenvalue weighted by Crippen LogP contribution is 2.37. The topological polar surface area (TPSA) is 51.4 Å². The molecule has 0 amide bonds. The van der Waals surface area contributed by atoms with Crippen molar-refractivity contribution in [2.75, 3.05) is 30.8 Å². The molecular weight excluding hydrogens is 238 g/mol. The molecule has 104 valence electrons. The Morgan fingerprint density at radius 3 is 2.79 bits per heavy atom. The van der Waals surface area contributed by atoms with Gasteiger partial charge in [0.15, 0.2) is 0 Å². The molecule has 2 fully saturated rings. The highest BCUT2D eigenvalue weighted by Gasteiger charge is 2.31. The second kappa shape index (κ2) is 5.27. The van der Waals surface area contributed by atoms with Crippen LogP contribution in [0.25, 0.3) is 0 Å². The molecule has 2 N–H and O–H groups in total. The zero-order valence-electron chi connectivity index (χ0n) is 11.6. The molecule has 1 saturated carbocycles. The second-order valence-corrected chi connectivity index (χ2v) is 5.81. The number of nitrogen functional groups attached to an aromatic ring is 1. The van der Waals surface area contributed by atoms with Crippen LogP contribution < -0.4 is 15.4 Å². The first-order chi connectivity index (χ1) is 9.28. The smallest absolute Gasteiger partial charge is 0.238 e. The number of nitrogens with two attached hydrogens (primary N) is 1. The van der Waals surface area contributed by atoms with E-state index in [2.05, 4.69) is 9.88 Å². The van der Waals surface area contributed by atoms with Crippen LogP contribution in [0.1, 0.15) is 32.1 Å². The van der Waals surface area contributed by atoms with Gasteiger partial charge in [-0.15, -0.1) is 0 Å². The number of hydrogen-bond donors (Lipinski definition) is 1. The normalized spacial score (nSPS) is 26.9. The number of piperidine rings is 1. The van der Waals surface area contributed by atoms with Gasteiger partial charge < -0.3 is 15.4 Å². The third kappa shape index (κ3) is 2.48. The molecule has 1 saturated heterocycles. The highest BCUT2D eigenvalue weighted by molar-refractivity contribution is 5.54. The monoisotopic (exact) mass is 261 g/mol. The summed E-state index contributed by atoms with van der Waals surface area (Å²) < 4.78 is 5.22. The number of aromatic nitrogens is 1. The van der Waals surface area contributed by atoms with E-state index in [9.17, 15) is 0 Å². The van der Waals surface area contributed by atoms with Crippen molar-refractivity contribution in [1.82, 2.24) is 4.98 Å². The fourth-order valence-corrected chi connectivity index (χ4v) is 3.59. The average molecular weight is 261 g/mol. The van der Waals surface area contributed by atoms with Crippen LogP contribution in [0.3, 0.4) is 0 Å². The molecule has 1 aliphatic heterocycles. The predicted molar refractivity (Wildman–Crippen MR) is 77.5 cm³/mol. The average Bonchev–Trinajstić information content (AvgIpc) is 2.47. The van der Waals surface area contributed by atoms with E-state index in [-0.39, 0.29) is 0 Å². The molecule has 1 aromatic heterocycles. The number of rotatable bonds is 2. The van der Waals surface area contributed by atoms with Gasteiger partial charge in [-0.2, -0.15) is 4.98 Å². The molecule has 4 heteroatoms. The van der Waals surface area contributed by atoms with E-state index < -0.39 is 0 Å². The first kappa shape index (κ1) is 12.6. The van der Waals surface area contributed by atoms with Gasteiger partial charge in [0.2, 0.25) is 5.88 Å². The van der Waals surface area contributed by atoms with Crippen molar-refractivity contribution in [3.63, 3.8) is 0 Å². The summed E-state index contributed by atoms with van der Waals surface area (Å²) in [6.07, 6.45) is 6.94. The van der Waals surface area contributed by atoms with E-state index in [1.165, 1.54) is 32.1 Å². The van der Waals surface area contributed by atoms with Crippen molar-refractivity contribution in [2.24, 2.45) is 11.8 Å². The molecule has 0 bridgehead atoms. The van der Waals surface area contributed by atoms with E-state index in [1.54, 1.807) is 7.11 Å². The molecule has 2 unspecified atom stereocenters. The summed E-state index contributed by atoms with van der Waals surface area (Å²) in [5.74, 6) is 3.35. The number of nitrogens with zero attached hydrogens (tertiary/aromatic N) is 2. The van der Waals surface area contributed by atoms with Gasteiger partial charge in [0, 0.05) is 13.1 Å². The lowest BCUT2D eigenvalue weighted by Crippen LogP contribution is -2.42. The van der Waals surface area contributed by atoms with Crippen LogP contribution in [0.4, 0.5) is 11.5 Å². The first-order valence-electron chi connectivity index (χ1n) is 7.33. The SMILES string of the molecule is COc1nc(N2CCC3CCCCC3C2)ccc1N. The van der Waals surface area contributed by atoms with Crippen molar-refractivity contribution in [1.29, 1.82) is 0 Å². The molecule has 2 aliphatic rings. The quantitative estimate of drug-likeness (QED) is 0.889.